The van der Waals surface area contributed by atoms with Crippen LogP contribution in [0.15, 0.2) is 0 Å². The van der Waals surface area contributed by atoms with Crippen molar-refractivity contribution in [3.63, 3.8) is 0 Å². The molecular formula is C69H137NO10. The van der Waals surface area contributed by atoms with Crippen LogP contribution in [0.25, 0.3) is 0 Å². The molecule has 9 unspecified atom stereocenters. The molecule has 0 aromatic heterocycles. The molecule has 1 amide bonds. The molecule has 1 heterocycles. The van der Waals surface area contributed by atoms with Gasteiger partial charge in [-0.2, -0.15) is 0 Å². The summed E-state index contributed by atoms with van der Waals surface area (Å²) in [5.41, 5.74) is 0. The van der Waals surface area contributed by atoms with Crippen molar-refractivity contribution in [3.05, 3.63) is 0 Å². The number of rotatable bonds is 63. The molecule has 0 radical (unpaired) electrons. The van der Waals surface area contributed by atoms with Crippen LogP contribution in [0.4, 0.5) is 0 Å². The number of hydrogen-bond acceptors (Lipinski definition) is 10. The first-order chi connectivity index (χ1) is 39.2. The lowest BCUT2D eigenvalue weighted by molar-refractivity contribution is -0.303. The van der Waals surface area contributed by atoms with Gasteiger partial charge in [0.2, 0.25) is 5.91 Å². The number of aliphatic hydroxyl groups is 7. The number of aliphatic hydroxyl groups excluding tert-OH is 7. The molecular weight excluding hydrogens is 1000 g/mol. The molecule has 1 aliphatic rings. The van der Waals surface area contributed by atoms with E-state index in [0.29, 0.717) is 19.3 Å². The fourth-order valence-electron chi connectivity index (χ4n) is 12.0. The zero-order valence-corrected chi connectivity index (χ0v) is 52.9. The summed E-state index contributed by atoms with van der Waals surface area (Å²) in [7, 11) is 0. The molecule has 0 aromatic carbocycles. The van der Waals surface area contributed by atoms with E-state index >= 15 is 0 Å². The van der Waals surface area contributed by atoms with Gasteiger partial charge in [-0.05, 0) is 12.8 Å². The van der Waals surface area contributed by atoms with Gasteiger partial charge in [0, 0.05) is 0 Å². The van der Waals surface area contributed by atoms with Crippen LogP contribution in [0, 0.1) is 0 Å². The fourth-order valence-corrected chi connectivity index (χ4v) is 12.0. The predicted octanol–water partition coefficient (Wildman–Crippen LogP) is 16.9. The lowest BCUT2D eigenvalue weighted by atomic mass is 9.98. The van der Waals surface area contributed by atoms with Crippen LogP contribution >= 0.6 is 0 Å². The molecule has 11 nitrogen and oxygen atoms in total. The first-order valence-electron chi connectivity index (χ1n) is 35.4. The van der Waals surface area contributed by atoms with E-state index in [4.69, 9.17) is 9.47 Å². The fraction of sp³-hybridized carbons (Fsp3) is 0.986. The second-order valence-corrected chi connectivity index (χ2v) is 25.3. The largest absolute Gasteiger partial charge is 0.394 e. The number of unbranched alkanes of at least 4 members (excludes halogenated alkanes) is 51. The van der Waals surface area contributed by atoms with E-state index in [0.717, 1.165) is 38.5 Å². The van der Waals surface area contributed by atoms with Crippen molar-refractivity contribution in [2.45, 2.75) is 422 Å². The minimum Gasteiger partial charge on any atom is -0.394 e. The molecule has 1 aliphatic heterocycles. The van der Waals surface area contributed by atoms with Crippen LogP contribution in [-0.4, -0.2) is 110 Å². The number of ether oxygens (including phenoxy) is 2. The minimum atomic E-state index is -1.66. The Balaban J connectivity index is 2.17. The summed E-state index contributed by atoms with van der Waals surface area (Å²) in [4.78, 5) is 13.2. The lowest BCUT2D eigenvalue weighted by Crippen LogP contribution is -2.60. The number of hydrogen-bond donors (Lipinski definition) is 8. The Morgan fingerprint density at radius 2 is 0.650 bits per heavy atom. The molecule has 478 valence electrons. The van der Waals surface area contributed by atoms with Crippen LogP contribution in [0.5, 0.6) is 0 Å². The maximum absolute atomic E-state index is 13.2. The second kappa shape index (κ2) is 58.5. The third-order valence-electron chi connectivity index (χ3n) is 17.7. The Bertz CT molecular complexity index is 1260. The summed E-state index contributed by atoms with van der Waals surface area (Å²) in [6.07, 6.45) is 59.0. The van der Waals surface area contributed by atoms with Crippen molar-refractivity contribution in [2.24, 2.45) is 0 Å². The standard InChI is InChI=1S/C69H137NO10/c1-3-5-7-9-11-13-15-17-19-21-23-25-27-28-29-30-31-32-33-34-35-37-38-40-42-44-46-48-50-52-54-56-61(72)64(74)60(59-79-69-67(77)66(76)65(75)63(58-71)80-69)70-68(78)62(73)57-55-53-51-49-47-45-43-41-39-36-26-24-22-20-18-16-14-12-10-8-6-4-2/h60-67,69,71-77H,3-59H2,1-2H3,(H,70,78). The van der Waals surface area contributed by atoms with E-state index in [2.05, 4.69) is 19.2 Å². The molecule has 11 heteroatoms. The molecule has 1 saturated heterocycles. The summed E-state index contributed by atoms with van der Waals surface area (Å²) in [5, 5.41) is 76.5. The maximum atomic E-state index is 13.2. The number of carbonyl (C=O) groups excluding carboxylic acids is 1. The average molecular weight is 1140 g/mol. The van der Waals surface area contributed by atoms with Crippen molar-refractivity contribution < 1.29 is 50.0 Å². The van der Waals surface area contributed by atoms with E-state index in [1.807, 2.05) is 0 Å². The minimum absolute atomic E-state index is 0.267. The molecule has 1 rings (SSSR count). The zero-order valence-electron chi connectivity index (χ0n) is 52.9. The van der Waals surface area contributed by atoms with E-state index in [-0.39, 0.29) is 6.42 Å². The van der Waals surface area contributed by atoms with Crippen molar-refractivity contribution in [1.29, 1.82) is 0 Å². The highest BCUT2D eigenvalue weighted by molar-refractivity contribution is 5.80. The number of nitrogens with one attached hydrogen (secondary N) is 1. The summed E-state index contributed by atoms with van der Waals surface area (Å²) < 4.78 is 11.2. The molecule has 9 atom stereocenters. The van der Waals surface area contributed by atoms with Gasteiger partial charge >= 0.3 is 0 Å². The van der Waals surface area contributed by atoms with E-state index < -0.39 is 74.2 Å². The van der Waals surface area contributed by atoms with Gasteiger partial charge in [0.05, 0.1) is 25.4 Å². The molecule has 0 spiro atoms. The molecule has 0 aromatic rings. The van der Waals surface area contributed by atoms with Crippen LogP contribution in [0.2, 0.25) is 0 Å². The Morgan fingerprint density at radius 1 is 0.388 bits per heavy atom. The molecule has 8 N–H and O–H groups in total. The van der Waals surface area contributed by atoms with Crippen molar-refractivity contribution >= 4 is 5.91 Å². The Hall–Kier alpha value is -0.890. The van der Waals surface area contributed by atoms with Gasteiger partial charge in [-0.1, -0.05) is 354 Å². The Morgan fingerprint density at radius 3 is 0.925 bits per heavy atom. The van der Waals surface area contributed by atoms with E-state index in [1.165, 1.54) is 289 Å². The SMILES string of the molecule is CCCCCCCCCCCCCCCCCCCCCCCCCCCCCCCCCC(O)C(O)C(COC1OC(CO)C(O)C(O)C1O)NC(=O)C(O)CCCCCCCCCCCCCCCCCCCCCCCC. The smallest absolute Gasteiger partial charge is 0.249 e. The predicted molar refractivity (Wildman–Crippen MR) is 335 cm³/mol. The van der Waals surface area contributed by atoms with Crippen molar-refractivity contribution in [3.8, 4) is 0 Å². The van der Waals surface area contributed by atoms with Crippen LogP contribution in [0.3, 0.4) is 0 Å². The van der Waals surface area contributed by atoms with Crippen molar-refractivity contribution in [2.75, 3.05) is 13.2 Å². The van der Waals surface area contributed by atoms with Crippen LogP contribution < -0.4 is 5.32 Å². The first kappa shape index (κ1) is 77.1. The molecule has 0 bridgehead atoms. The third-order valence-corrected chi connectivity index (χ3v) is 17.7. The highest BCUT2D eigenvalue weighted by Crippen LogP contribution is 2.24. The monoisotopic (exact) mass is 1140 g/mol. The average Bonchev–Trinajstić information content (AvgIpc) is 3.47. The normalized spacial score (nSPS) is 19.1. The van der Waals surface area contributed by atoms with Crippen LogP contribution in [0.1, 0.15) is 367 Å². The Labute approximate surface area is 494 Å². The molecule has 80 heavy (non-hydrogen) atoms. The number of carbonyl (C=O) groups is 1. The van der Waals surface area contributed by atoms with Gasteiger partial charge in [-0.25, -0.2) is 0 Å². The van der Waals surface area contributed by atoms with Gasteiger partial charge < -0.3 is 50.5 Å². The van der Waals surface area contributed by atoms with Gasteiger partial charge in [0.15, 0.2) is 6.29 Å². The third kappa shape index (κ3) is 45.5. The Kier molecular flexibility index (Phi) is 56.4. The lowest BCUT2D eigenvalue weighted by Gasteiger charge is -2.40. The highest BCUT2D eigenvalue weighted by atomic mass is 16.7. The summed E-state index contributed by atoms with van der Waals surface area (Å²) in [6, 6.07) is -1.16. The topological polar surface area (TPSA) is 189 Å². The maximum Gasteiger partial charge on any atom is 0.249 e. The highest BCUT2D eigenvalue weighted by Gasteiger charge is 2.44. The molecule has 1 fully saturated rings. The second-order valence-electron chi connectivity index (χ2n) is 25.3. The first-order valence-corrected chi connectivity index (χ1v) is 35.4. The van der Waals surface area contributed by atoms with Gasteiger partial charge in [-0.15, -0.1) is 0 Å². The van der Waals surface area contributed by atoms with Gasteiger partial charge in [0.25, 0.3) is 0 Å². The summed E-state index contributed by atoms with van der Waals surface area (Å²) in [5.74, 6) is -0.687. The van der Waals surface area contributed by atoms with E-state index in [1.54, 1.807) is 0 Å². The van der Waals surface area contributed by atoms with Crippen LogP contribution in [-0.2, 0) is 14.3 Å². The number of amides is 1. The summed E-state index contributed by atoms with van der Waals surface area (Å²) >= 11 is 0. The molecule has 0 aliphatic carbocycles. The zero-order chi connectivity index (χ0) is 58.2. The van der Waals surface area contributed by atoms with E-state index in [9.17, 15) is 40.5 Å². The molecule has 0 saturated carbocycles. The van der Waals surface area contributed by atoms with Gasteiger partial charge in [-0.3, -0.25) is 4.79 Å². The van der Waals surface area contributed by atoms with Gasteiger partial charge in [0.1, 0.15) is 36.6 Å². The quantitative estimate of drug-likeness (QED) is 0.0272. The summed E-state index contributed by atoms with van der Waals surface area (Å²) in [6.45, 7) is 3.53. The van der Waals surface area contributed by atoms with Crippen molar-refractivity contribution in [1.82, 2.24) is 5.32 Å².